The molecule has 2 heterocycles. The number of thiazole rings is 1. The van der Waals surface area contributed by atoms with Crippen molar-refractivity contribution in [2.24, 2.45) is 11.3 Å². The normalized spacial score (nSPS) is 33.5. The van der Waals surface area contributed by atoms with Crippen LogP contribution >= 0.6 is 11.3 Å². The van der Waals surface area contributed by atoms with Crippen LogP contribution in [0.3, 0.4) is 0 Å². The summed E-state index contributed by atoms with van der Waals surface area (Å²) in [6.45, 7) is 10.1. The molecule has 1 N–H and O–H groups in total. The van der Waals surface area contributed by atoms with Crippen LogP contribution in [0.2, 0.25) is 0 Å². The van der Waals surface area contributed by atoms with Gasteiger partial charge < -0.3 is 10.0 Å². The largest absolute Gasteiger partial charge is 0.387 e. The number of fused-ring (bicyclic) bond motifs is 1. The molecule has 1 saturated heterocycles. The Morgan fingerprint density at radius 1 is 1.37 bits per heavy atom. The van der Waals surface area contributed by atoms with E-state index in [0.29, 0.717) is 6.04 Å². The summed E-state index contributed by atoms with van der Waals surface area (Å²) in [5.41, 5.74) is 1.30. The summed E-state index contributed by atoms with van der Waals surface area (Å²) in [7, 11) is 0. The first-order chi connectivity index (χ1) is 8.85. The fourth-order valence-corrected chi connectivity index (χ4v) is 4.75. The van der Waals surface area contributed by atoms with Crippen molar-refractivity contribution in [2.45, 2.75) is 59.1 Å². The Hall–Kier alpha value is -0.610. The van der Waals surface area contributed by atoms with Crippen LogP contribution in [-0.4, -0.2) is 22.7 Å². The Bertz CT molecular complexity index is 482. The Morgan fingerprint density at radius 2 is 2.11 bits per heavy atom. The number of rotatable bonds is 1. The molecule has 3 rings (SSSR count). The van der Waals surface area contributed by atoms with E-state index in [2.05, 4.69) is 32.6 Å². The van der Waals surface area contributed by atoms with Gasteiger partial charge >= 0.3 is 0 Å². The summed E-state index contributed by atoms with van der Waals surface area (Å²) < 4.78 is 0. The van der Waals surface area contributed by atoms with Gasteiger partial charge in [-0.3, -0.25) is 0 Å². The molecule has 0 spiro atoms. The summed E-state index contributed by atoms with van der Waals surface area (Å²) in [5.74, 6) is 0.747. The Kier molecular flexibility index (Phi) is 3.13. The number of aliphatic hydroxyl groups excluding tert-OH is 1. The molecule has 1 aromatic heterocycles. The molecule has 1 aliphatic carbocycles. The van der Waals surface area contributed by atoms with E-state index in [0.717, 1.165) is 41.0 Å². The van der Waals surface area contributed by atoms with Gasteiger partial charge in [-0.15, -0.1) is 0 Å². The molecule has 1 aliphatic heterocycles. The van der Waals surface area contributed by atoms with Gasteiger partial charge in [0.05, 0.1) is 16.7 Å². The third kappa shape index (κ3) is 2.40. The monoisotopic (exact) mass is 280 g/mol. The second-order valence-electron chi connectivity index (χ2n) is 7.21. The van der Waals surface area contributed by atoms with Crippen molar-refractivity contribution in [3.05, 3.63) is 10.6 Å². The lowest BCUT2D eigenvalue weighted by molar-refractivity contribution is 0.102. The zero-order valence-electron chi connectivity index (χ0n) is 12.3. The first-order valence-electron chi connectivity index (χ1n) is 7.30. The van der Waals surface area contributed by atoms with Crippen LogP contribution in [0, 0.1) is 11.3 Å². The van der Waals surface area contributed by atoms with Crippen molar-refractivity contribution in [2.75, 3.05) is 11.4 Å². The SMILES string of the molecule is CC1CC(C)N(c2nc3c(s2)C(O)CC(C)(C)C3)C1. The molecular formula is C15H24N2OS. The molecule has 1 fully saturated rings. The van der Waals surface area contributed by atoms with E-state index in [1.165, 1.54) is 6.42 Å². The standard InChI is InChI=1S/C15H24N2OS/c1-9-5-10(2)17(8-9)14-16-11-6-15(3,4)7-12(18)13(11)19-14/h9-10,12,18H,5-8H2,1-4H3. The van der Waals surface area contributed by atoms with Crippen molar-refractivity contribution in [1.29, 1.82) is 0 Å². The average molecular weight is 280 g/mol. The predicted molar refractivity (Wildman–Crippen MR) is 79.8 cm³/mol. The molecule has 2 aliphatic rings. The van der Waals surface area contributed by atoms with Crippen molar-refractivity contribution in [1.82, 2.24) is 4.98 Å². The Labute approximate surface area is 119 Å². The lowest BCUT2D eigenvalue weighted by Gasteiger charge is -2.31. The van der Waals surface area contributed by atoms with Gasteiger partial charge in [0.15, 0.2) is 5.13 Å². The lowest BCUT2D eigenvalue weighted by Crippen LogP contribution is -2.26. The summed E-state index contributed by atoms with van der Waals surface area (Å²) in [4.78, 5) is 8.38. The second-order valence-corrected chi connectivity index (χ2v) is 8.22. The maximum Gasteiger partial charge on any atom is 0.186 e. The van der Waals surface area contributed by atoms with Gasteiger partial charge in [0.25, 0.3) is 0 Å². The minimum Gasteiger partial charge on any atom is -0.387 e. The van der Waals surface area contributed by atoms with Gasteiger partial charge in [-0.1, -0.05) is 32.1 Å². The van der Waals surface area contributed by atoms with Crippen LogP contribution in [0.1, 0.15) is 57.2 Å². The van der Waals surface area contributed by atoms with Crippen LogP contribution in [-0.2, 0) is 6.42 Å². The van der Waals surface area contributed by atoms with Crippen LogP contribution in [0.5, 0.6) is 0 Å². The molecule has 3 atom stereocenters. The molecular weight excluding hydrogens is 256 g/mol. The van der Waals surface area contributed by atoms with Gasteiger partial charge in [0, 0.05) is 12.6 Å². The molecule has 0 saturated carbocycles. The molecule has 3 nitrogen and oxygen atoms in total. The molecule has 106 valence electrons. The highest BCUT2D eigenvalue weighted by Gasteiger charge is 2.36. The summed E-state index contributed by atoms with van der Waals surface area (Å²) >= 11 is 1.71. The molecule has 1 aromatic rings. The van der Waals surface area contributed by atoms with Crippen LogP contribution in [0.15, 0.2) is 0 Å². The fourth-order valence-electron chi connectivity index (χ4n) is 3.57. The summed E-state index contributed by atoms with van der Waals surface area (Å²) in [6, 6.07) is 0.577. The van der Waals surface area contributed by atoms with Crippen molar-refractivity contribution >= 4 is 16.5 Å². The Morgan fingerprint density at radius 3 is 2.74 bits per heavy atom. The first kappa shape index (κ1) is 13.4. The predicted octanol–water partition coefficient (Wildman–Crippen LogP) is 3.38. The lowest BCUT2D eigenvalue weighted by atomic mass is 9.77. The number of hydrogen-bond donors (Lipinski definition) is 1. The molecule has 0 aromatic carbocycles. The fraction of sp³-hybridized carbons (Fsp3) is 0.800. The van der Waals surface area contributed by atoms with E-state index in [9.17, 15) is 5.11 Å². The summed E-state index contributed by atoms with van der Waals surface area (Å²) in [5, 5.41) is 11.4. The number of nitrogens with zero attached hydrogens (tertiary/aromatic N) is 2. The third-order valence-electron chi connectivity index (χ3n) is 4.44. The zero-order valence-corrected chi connectivity index (χ0v) is 13.1. The first-order valence-corrected chi connectivity index (χ1v) is 8.12. The molecule has 0 bridgehead atoms. The number of aromatic nitrogens is 1. The highest BCUT2D eigenvalue weighted by atomic mass is 32.1. The maximum atomic E-state index is 10.3. The second kappa shape index (κ2) is 4.45. The highest BCUT2D eigenvalue weighted by Crippen LogP contribution is 2.45. The van der Waals surface area contributed by atoms with Gasteiger partial charge in [-0.05, 0) is 37.5 Å². The van der Waals surface area contributed by atoms with Gasteiger partial charge in [0.2, 0.25) is 0 Å². The molecule has 3 unspecified atom stereocenters. The van der Waals surface area contributed by atoms with Gasteiger partial charge in [-0.2, -0.15) is 0 Å². The number of hydrogen-bond acceptors (Lipinski definition) is 4. The van der Waals surface area contributed by atoms with E-state index in [4.69, 9.17) is 4.98 Å². The smallest absolute Gasteiger partial charge is 0.186 e. The topological polar surface area (TPSA) is 36.4 Å². The third-order valence-corrected chi connectivity index (χ3v) is 5.68. The quantitative estimate of drug-likeness (QED) is 0.856. The zero-order chi connectivity index (χ0) is 13.8. The van der Waals surface area contributed by atoms with Gasteiger partial charge in [0.1, 0.15) is 0 Å². The van der Waals surface area contributed by atoms with Crippen molar-refractivity contribution in [3.8, 4) is 0 Å². The van der Waals surface area contributed by atoms with Crippen molar-refractivity contribution < 1.29 is 5.11 Å². The molecule has 19 heavy (non-hydrogen) atoms. The van der Waals surface area contributed by atoms with E-state index >= 15 is 0 Å². The van der Waals surface area contributed by atoms with Gasteiger partial charge in [-0.25, -0.2) is 4.98 Å². The van der Waals surface area contributed by atoms with Crippen LogP contribution in [0.4, 0.5) is 5.13 Å². The Balaban J connectivity index is 1.91. The van der Waals surface area contributed by atoms with Crippen LogP contribution in [0.25, 0.3) is 0 Å². The van der Waals surface area contributed by atoms with Crippen molar-refractivity contribution in [3.63, 3.8) is 0 Å². The molecule has 4 heteroatoms. The molecule has 0 radical (unpaired) electrons. The highest BCUT2D eigenvalue weighted by molar-refractivity contribution is 7.15. The van der Waals surface area contributed by atoms with Crippen LogP contribution < -0.4 is 4.90 Å². The number of aliphatic hydroxyl groups is 1. The van der Waals surface area contributed by atoms with E-state index < -0.39 is 0 Å². The van der Waals surface area contributed by atoms with E-state index in [-0.39, 0.29) is 11.5 Å². The minimum absolute atomic E-state index is 0.168. The average Bonchev–Trinajstić information content (AvgIpc) is 2.80. The minimum atomic E-state index is -0.319. The molecule has 0 amide bonds. The number of anilines is 1. The summed E-state index contributed by atoms with van der Waals surface area (Å²) in [6.07, 6.45) is 2.78. The van der Waals surface area contributed by atoms with E-state index in [1.807, 2.05) is 0 Å². The maximum absolute atomic E-state index is 10.3. The van der Waals surface area contributed by atoms with E-state index in [1.54, 1.807) is 11.3 Å².